The molecule has 4 heteroatoms. The zero-order valence-electron chi connectivity index (χ0n) is 16.4. The zero-order chi connectivity index (χ0) is 19.6. The second-order valence-electron chi connectivity index (χ2n) is 7.82. The number of H-pyrrole nitrogens is 1. The van der Waals surface area contributed by atoms with Crippen LogP contribution in [0.1, 0.15) is 18.5 Å². The first kappa shape index (κ1) is 18.1. The molecule has 4 nitrogen and oxygen atoms in total. The van der Waals surface area contributed by atoms with Crippen molar-refractivity contribution >= 4 is 10.9 Å². The van der Waals surface area contributed by atoms with E-state index in [9.17, 15) is 5.11 Å². The molecule has 0 aliphatic carbocycles. The standard InChI is InChI=1S/C25H25N3O/c29-17-22-8-5-13-28(22)16-21-15-20-14-19(11-12-25(20)26-21)24-10-4-9-23(27-24)18-6-2-1-3-7-18/h1-4,6-7,9-12,14-15,22,26,29H,5,8,13,16-17H2/t22-/m1/s1. The molecule has 1 aliphatic rings. The quantitative estimate of drug-likeness (QED) is 0.518. The number of hydrogen-bond acceptors (Lipinski definition) is 3. The molecule has 2 N–H and O–H groups in total. The first-order valence-electron chi connectivity index (χ1n) is 10.3. The van der Waals surface area contributed by atoms with Crippen LogP contribution in [0.15, 0.2) is 72.8 Å². The van der Waals surface area contributed by atoms with E-state index in [2.05, 4.69) is 64.5 Å². The number of aliphatic hydroxyl groups excluding tert-OH is 1. The molecule has 1 saturated heterocycles. The van der Waals surface area contributed by atoms with Gasteiger partial charge >= 0.3 is 0 Å². The van der Waals surface area contributed by atoms with Gasteiger partial charge in [0.15, 0.2) is 0 Å². The molecule has 0 unspecified atom stereocenters. The van der Waals surface area contributed by atoms with Gasteiger partial charge in [-0.15, -0.1) is 0 Å². The summed E-state index contributed by atoms with van der Waals surface area (Å²) in [6.07, 6.45) is 2.25. The molecule has 0 radical (unpaired) electrons. The second-order valence-corrected chi connectivity index (χ2v) is 7.82. The Morgan fingerprint density at radius 1 is 0.931 bits per heavy atom. The van der Waals surface area contributed by atoms with Gasteiger partial charge in [0, 0.05) is 40.3 Å². The minimum Gasteiger partial charge on any atom is -0.395 e. The average molecular weight is 383 g/mol. The van der Waals surface area contributed by atoms with E-state index < -0.39 is 0 Å². The Balaban J connectivity index is 1.43. The van der Waals surface area contributed by atoms with Crippen molar-refractivity contribution < 1.29 is 5.11 Å². The average Bonchev–Trinajstić information content (AvgIpc) is 3.40. The van der Waals surface area contributed by atoms with Crippen LogP contribution in [0.25, 0.3) is 33.4 Å². The SMILES string of the molecule is OC[C@H]1CCCN1Cc1cc2cc(-c3cccc(-c4ccccc4)n3)ccc2[nH]1. The number of benzene rings is 2. The molecule has 0 amide bonds. The van der Waals surface area contributed by atoms with E-state index in [4.69, 9.17) is 4.98 Å². The third kappa shape index (κ3) is 3.69. The minimum atomic E-state index is 0.244. The molecule has 1 aliphatic heterocycles. The van der Waals surface area contributed by atoms with Crippen LogP contribution >= 0.6 is 0 Å². The Morgan fingerprint density at radius 3 is 2.59 bits per heavy atom. The Labute approximate surface area is 170 Å². The van der Waals surface area contributed by atoms with Crippen molar-refractivity contribution in [3.05, 3.63) is 78.5 Å². The molecule has 146 valence electrons. The van der Waals surface area contributed by atoms with E-state index in [1.807, 2.05) is 18.2 Å². The van der Waals surface area contributed by atoms with Gasteiger partial charge < -0.3 is 10.1 Å². The van der Waals surface area contributed by atoms with Crippen LogP contribution in [0, 0.1) is 0 Å². The number of hydrogen-bond donors (Lipinski definition) is 2. The van der Waals surface area contributed by atoms with Crippen molar-refractivity contribution in [1.29, 1.82) is 0 Å². The lowest BCUT2D eigenvalue weighted by atomic mass is 10.1. The molecule has 0 saturated carbocycles. The van der Waals surface area contributed by atoms with Crippen LogP contribution in [0.2, 0.25) is 0 Å². The Bertz CT molecular complexity index is 1120. The summed E-state index contributed by atoms with van der Waals surface area (Å²) in [6, 6.07) is 25.5. The molecule has 0 bridgehead atoms. The first-order valence-corrected chi connectivity index (χ1v) is 10.3. The summed E-state index contributed by atoms with van der Waals surface area (Å²) in [5.74, 6) is 0. The minimum absolute atomic E-state index is 0.244. The lowest BCUT2D eigenvalue weighted by Gasteiger charge is -2.21. The van der Waals surface area contributed by atoms with Gasteiger partial charge in [0.25, 0.3) is 0 Å². The Hall–Kier alpha value is -2.95. The first-order chi connectivity index (χ1) is 14.3. The summed E-state index contributed by atoms with van der Waals surface area (Å²) < 4.78 is 0. The highest BCUT2D eigenvalue weighted by atomic mass is 16.3. The molecule has 5 rings (SSSR count). The maximum absolute atomic E-state index is 9.56. The van der Waals surface area contributed by atoms with E-state index >= 15 is 0 Å². The number of nitrogens with zero attached hydrogens (tertiary/aromatic N) is 2. The van der Waals surface area contributed by atoms with Gasteiger partial charge in [-0.05, 0) is 49.7 Å². The predicted octanol–water partition coefficient (Wildman–Crippen LogP) is 4.85. The molecule has 29 heavy (non-hydrogen) atoms. The maximum atomic E-state index is 9.56. The van der Waals surface area contributed by atoms with E-state index in [1.54, 1.807) is 0 Å². The van der Waals surface area contributed by atoms with Crippen LogP contribution in [0.5, 0.6) is 0 Å². The second kappa shape index (κ2) is 7.82. The van der Waals surface area contributed by atoms with E-state index in [0.717, 1.165) is 47.5 Å². The number of nitrogens with one attached hydrogen (secondary N) is 1. The number of rotatable bonds is 5. The summed E-state index contributed by atoms with van der Waals surface area (Å²) in [5.41, 5.74) is 6.56. The van der Waals surface area contributed by atoms with Crippen LogP contribution in [-0.2, 0) is 6.54 Å². The number of aliphatic hydroxyl groups is 1. The Kier molecular flexibility index (Phi) is 4.88. The number of pyridine rings is 1. The molecule has 3 heterocycles. The topological polar surface area (TPSA) is 52.1 Å². The molecular formula is C25H25N3O. The highest BCUT2D eigenvalue weighted by Gasteiger charge is 2.24. The third-order valence-electron chi connectivity index (χ3n) is 5.87. The molecule has 2 aromatic heterocycles. The van der Waals surface area contributed by atoms with Gasteiger partial charge in [-0.1, -0.05) is 42.5 Å². The smallest absolute Gasteiger partial charge is 0.0709 e. The molecule has 0 spiro atoms. The maximum Gasteiger partial charge on any atom is 0.0709 e. The highest BCUT2D eigenvalue weighted by molar-refractivity contribution is 5.85. The van der Waals surface area contributed by atoms with Gasteiger partial charge in [-0.2, -0.15) is 0 Å². The lowest BCUT2D eigenvalue weighted by Crippen LogP contribution is -2.31. The fourth-order valence-electron chi connectivity index (χ4n) is 4.33. The normalized spacial score (nSPS) is 17.2. The van der Waals surface area contributed by atoms with Crippen molar-refractivity contribution in [2.24, 2.45) is 0 Å². The van der Waals surface area contributed by atoms with Crippen LogP contribution in [0.3, 0.4) is 0 Å². The molecule has 1 fully saturated rings. The van der Waals surface area contributed by atoms with Gasteiger partial charge in [-0.3, -0.25) is 4.90 Å². The van der Waals surface area contributed by atoms with Gasteiger partial charge in [-0.25, -0.2) is 4.98 Å². The molecule has 2 aromatic carbocycles. The molecular weight excluding hydrogens is 358 g/mol. The lowest BCUT2D eigenvalue weighted by molar-refractivity contribution is 0.152. The van der Waals surface area contributed by atoms with Crippen molar-refractivity contribution in [3.8, 4) is 22.5 Å². The van der Waals surface area contributed by atoms with Crippen LogP contribution in [0.4, 0.5) is 0 Å². The monoisotopic (exact) mass is 383 g/mol. The van der Waals surface area contributed by atoms with E-state index in [1.165, 1.54) is 17.5 Å². The van der Waals surface area contributed by atoms with E-state index in [0.29, 0.717) is 6.04 Å². The van der Waals surface area contributed by atoms with Crippen molar-refractivity contribution in [2.75, 3.05) is 13.2 Å². The predicted molar refractivity (Wildman–Crippen MR) is 117 cm³/mol. The summed E-state index contributed by atoms with van der Waals surface area (Å²) in [6.45, 7) is 2.16. The van der Waals surface area contributed by atoms with Crippen LogP contribution in [-0.4, -0.2) is 39.2 Å². The van der Waals surface area contributed by atoms with Gasteiger partial charge in [0.05, 0.1) is 18.0 Å². The van der Waals surface area contributed by atoms with Gasteiger partial charge in [0.2, 0.25) is 0 Å². The summed E-state index contributed by atoms with van der Waals surface area (Å²) in [4.78, 5) is 10.8. The summed E-state index contributed by atoms with van der Waals surface area (Å²) in [7, 11) is 0. The fourth-order valence-corrected chi connectivity index (χ4v) is 4.33. The van der Waals surface area contributed by atoms with Crippen LogP contribution < -0.4 is 0 Å². The Morgan fingerprint density at radius 2 is 1.76 bits per heavy atom. The summed E-state index contributed by atoms with van der Waals surface area (Å²) in [5, 5.41) is 10.8. The zero-order valence-corrected chi connectivity index (χ0v) is 16.4. The van der Waals surface area contributed by atoms with E-state index in [-0.39, 0.29) is 6.61 Å². The number of aromatic nitrogens is 2. The summed E-state index contributed by atoms with van der Waals surface area (Å²) >= 11 is 0. The number of fused-ring (bicyclic) bond motifs is 1. The molecule has 1 atom stereocenters. The van der Waals surface area contributed by atoms with Gasteiger partial charge in [0.1, 0.15) is 0 Å². The third-order valence-corrected chi connectivity index (χ3v) is 5.87. The molecule has 4 aromatic rings. The fraction of sp³-hybridized carbons (Fsp3) is 0.240. The number of aromatic amines is 1. The van der Waals surface area contributed by atoms with Crippen molar-refractivity contribution in [1.82, 2.24) is 14.9 Å². The van der Waals surface area contributed by atoms with Crippen molar-refractivity contribution in [2.45, 2.75) is 25.4 Å². The van der Waals surface area contributed by atoms with Crippen molar-refractivity contribution in [3.63, 3.8) is 0 Å². The highest BCUT2D eigenvalue weighted by Crippen LogP contribution is 2.27. The number of likely N-dealkylation sites (tertiary alicyclic amines) is 1. The largest absolute Gasteiger partial charge is 0.395 e.